The van der Waals surface area contributed by atoms with Crippen LogP contribution in [0.15, 0.2) is 18.2 Å². The molecule has 2 unspecified atom stereocenters. The van der Waals surface area contributed by atoms with Crippen molar-refractivity contribution < 1.29 is 38.0 Å². The van der Waals surface area contributed by atoms with Gasteiger partial charge in [0.1, 0.15) is 11.2 Å². The van der Waals surface area contributed by atoms with Crippen LogP contribution in [0.1, 0.15) is 36.1 Å². The van der Waals surface area contributed by atoms with Gasteiger partial charge in [-0.1, -0.05) is 0 Å². The monoisotopic (exact) mass is 423 g/mol. The maximum absolute atomic E-state index is 13.4. The number of nitriles is 1. The van der Waals surface area contributed by atoms with Crippen molar-refractivity contribution in [3.63, 3.8) is 0 Å². The number of halogens is 3. The molecule has 8 nitrogen and oxygen atoms in total. The van der Waals surface area contributed by atoms with E-state index in [2.05, 4.69) is 0 Å². The molecule has 0 spiro atoms. The van der Waals surface area contributed by atoms with Crippen molar-refractivity contribution >= 4 is 6.09 Å². The fourth-order valence-corrected chi connectivity index (χ4v) is 4.54. The highest BCUT2D eigenvalue weighted by molar-refractivity contribution is 5.68. The summed E-state index contributed by atoms with van der Waals surface area (Å²) in [6, 6.07) is 4.27. The van der Waals surface area contributed by atoms with Crippen molar-refractivity contribution in [1.82, 2.24) is 9.47 Å². The standard InChI is InChI=1S/C19H16F3N3O5/c1-17-7-24(16(28)29)8-18(2,30-17)13-12(17)14(26)25(15(13)27)10-4-3-9(6-23)11(5-10)19(20,21)22/h3-5,26-27H,7-8H2,1-2H3,(H,28,29). The quantitative estimate of drug-likeness (QED) is 0.648. The normalized spacial score (nSPS) is 25.1. The van der Waals surface area contributed by atoms with Gasteiger partial charge in [0.05, 0.1) is 47.1 Å². The average molecular weight is 423 g/mol. The van der Waals surface area contributed by atoms with Crippen LogP contribution in [-0.4, -0.2) is 44.0 Å². The molecule has 1 fully saturated rings. The van der Waals surface area contributed by atoms with Gasteiger partial charge in [-0.2, -0.15) is 18.4 Å². The highest BCUT2D eigenvalue weighted by atomic mass is 19.4. The van der Waals surface area contributed by atoms with E-state index in [0.717, 1.165) is 15.5 Å². The van der Waals surface area contributed by atoms with Crippen LogP contribution in [0.4, 0.5) is 18.0 Å². The van der Waals surface area contributed by atoms with Gasteiger partial charge in [-0.3, -0.25) is 4.57 Å². The third kappa shape index (κ3) is 2.53. The van der Waals surface area contributed by atoms with Gasteiger partial charge in [0, 0.05) is 0 Å². The number of hydrogen-bond donors (Lipinski definition) is 3. The van der Waals surface area contributed by atoms with Crippen molar-refractivity contribution in [1.29, 1.82) is 5.26 Å². The summed E-state index contributed by atoms with van der Waals surface area (Å²) in [5.41, 5.74) is -4.40. The number of morpholine rings is 1. The van der Waals surface area contributed by atoms with Crippen LogP contribution in [0.5, 0.6) is 11.8 Å². The number of hydrogen-bond acceptors (Lipinski definition) is 5. The summed E-state index contributed by atoms with van der Waals surface area (Å²) in [7, 11) is 0. The second kappa shape index (κ2) is 5.82. The maximum atomic E-state index is 13.4. The summed E-state index contributed by atoms with van der Waals surface area (Å²) < 4.78 is 46.9. The third-order valence-electron chi connectivity index (χ3n) is 5.57. The van der Waals surface area contributed by atoms with E-state index in [9.17, 15) is 33.3 Å². The molecule has 2 atom stereocenters. The summed E-state index contributed by atoms with van der Waals surface area (Å²) in [5.74, 6) is -1.11. The van der Waals surface area contributed by atoms with Gasteiger partial charge < -0.3 is 25.0 Å². The van der Waals surface area contributed by atoms with Gasteiger partial charge in [0.25, 0.3) is 0 Å². The lowest BCUT2D eigenvalue weighted by Crippen LogP contribution is -2.53. The summed E-state index contributed by atoms with van der Waals surface area (Å²) in [6.45, 7) is 2.80. The summed E-state index contributed by atoms with van der Waals surface area (Å²) in [5, 5.41) is 40.1. The molecule has 2 aliphatic rings. The molecular formula is C19H16F3N3O5. The second-order valence-corrected chi connectivity index (χ2v) is 7.77. The molecule has 0 aliphatic carbocycles. The van der Waals surface area contributed by atoms with Gasteiger partial charge in [-0.25, -0.2) is 4.79 Å². The van der Waals surface area contributed by atoms with E-state index in [1.54, 1.807) is 0 Å². The zero-order valence-corrected chi connectivity index (χ0v) is 15.8. The number of carbonyl (C=O) groups is 1. The number of amides is 1. The summed E-state index contributed by atoms with van der Waals surface area (Å²) >= 11 is 0. The van der Waals surface area contributed by atoms with E-state index >= 15 is 0 Å². The Balaban J connectivity index is 1.93. The zero-order chi connectivity index (χ0) is 22.2. The molecule has 1 aromatic carbocycles. The van der Waals surface area contributed by atoms with Gasteiger partial charge >= 0.3 is 12.3 Å². The number of nitrogens with zero attached hydrogens (tertiary/aromatic N) is 3. The Bertz CT molecular complexity index is 1090. The Morgan fingerprint density at radius 3 is 2.13 bits per heavy atom. The number of aromatic hydroxyl groups is 2. The maximum Gasteiger partial charge on any atom is 0.417 e. The number of aromatic nitrogens is 1. The van der Waals surface area contributed by atoms with Crippen molar-refractivity contribution in [3.05, 3.63) is 40.5 Å². The average Bonchev–Trinajstić information content (AvgIpc) is 3.00. The molecule has 2 aromatic rings. The van der Waals surface area contributed by atoms with Crippen LogP contribution in [0, 0.1) is 11.3 Å². The van der Waals surface area contributed by atoms with E-state index in [4.69, 9.17) is 10.00 Å². The van der Waals surface area contributed by atoms with Crippen LogP contribution in [-0.2, 0) is 22.1 Å². The zero-order valence-electron chi connectivity index (χ0n) is 15.8. The minimum Gasteiger partial charge on any atom is -0.494 e. The van der Waals surface area contributed by atoms with Crippen molar-refractivity contribution in [2.24, 2.45) is 0 Å². The smallest absolute Gasteiger partial charge is 0.417 e. The lowest BCUT2D eigenvalue weighted by Gasteiger charge is -2.42. The first-order valence-corrected chi connectivity index (χ1v) is 8.80. The first kappa shape index (κ1) is 19.9. The number of ether oxygens (including phenoxy) is 1. The van der Waals surface area contributed by atoms with E-state index in [-0.39, 0.29) is 29.9 Å². The summed E-state index contributed by atoms with van der Waals surface area (Å²) in [6.07, 6.45) is -6.02. The minimum atomic E-state index is -4.82. The molecule has 158 valence electrons. The molecule has 0 saturated carbocycles. The Hall–Kier alpha value is -3.39. The van der Waals surface area contributed by atoms with Gasteiger partial charge in [-0.15, -0.1) is 0 Å². The fraction of sp³-hybridized carbons (Fsp3) is 0.368. The lowest BCUT2D eigenvalue weighted by atomic mass is 9.94. The highest BCUT2D eigenvalue weighted by Gasteiger charge is 2.59. The molecular weight excluding hydrogens is 407 g/mol. The van der Waals surface area contributed by atoms with Crippen LogP contribution in [0.3, 0.4) is 0 Å². The van der Waals surface area contributed by atoms with E-state index in [0.29, 0.717) is 6.07 Å². The van der Waals surface area contributed by atoms with Crippen LogP contribution >= 0.6 is 0 Å². The Morgan fingerprint density at radius 1 is 1.17 bits per heavy atom. The van der Waals surface area contributed by atoms with Crippen LogP contribution in [0.25, 0.3) is 5.69 Å². The van der Waals surface area contributed by atoms with Gasteiger partial charge in [0.15, 0.2) is 0 Å². The van der Waals surface area contributed by atoms with Gasteiger partial charge in [-0.05, 0) is 32.0 Å². The van der Waals surface area contributed by atoms with Crippen molar-refractivity contribution in [2.75, 3.05) is 13.1 Å². The molecule has 1 saturated heterocycles. The molecule has 0 radical (unpaired) electrons. The van der Waals surface area contributed by atoms with Gasteiger partial charge in [0.2, 0.25) is 11.8 Å². The Labute approximate surface area is 167 Å². The molecule has 3 heterocycles. The molecule has 11 heteroatoms. The number of benzene rings is 1. The number of rotatable bonds is 1. The van der Waals surface area contributed by atoms with Crippen LogP contribution < -0.4 is 0 Å². The minimum absolute atomic E-state index is 0.115. The second-order valence-electron chi connectivity index (χ2n) is 7.77. The van der Waals surface area contributed by atoms with E-state index in [1.807, 2.05) is 0 Å². The van der Waals surface area contributed by atoms with E-state index < -0.39 is 46.4 Å². The van der Waals surface area contributed by atoms with Crippen molar-refractivity contribution in [3.8, 4) is 23.5 Å². The van der Waals surface area contributed by atoms with Crippen molar-refractivity contribution in [2.45, 2.75) is 31.2 Å². The Morgan fingerprint density at radius 2 is 1.70 bits per heavy atom. The van der Waals surface area contributed by atoms with Crippen LogP contribution in [0.2, 0.25) is 0 Å². The number of fused-ring (bicyclic) bond motifs is 5. The topological polar surface area (TPSA) is 119 Å². The number of alkyl halides is 3. The highest BCUT2D eigenvalue weighted by Crippen LogP contribution is 2.59. The summed E-state index contributed by atoms with van der Waals surface area (Å²) in [4.78, 5) is 12.6. The number of carboxylic acid groups (broad SMARTS) is 1. The first-order chi connectivity index (χ1) is 13.8. The van der Waals surface area contributed by atoms with E-state index in [1.165, 1.54) is 26.0 Å². The molecule has 3 N–H and O–H groups in total. The third-order valence-corrected chi connectivity index (χ3v) is 5.57. The molecule has 30 heavy (non-hydrogen) atoms. The first-order valence-electron chi connectivity index (χ1n) is 8.80. The molecule has 2 aliphatic heterocycles. The molecule has 1 aromatic heterocycles. The largest absolute Gasteiger partial charge is 0.494 e. The predicted octanol–water partition coefficient (Wildman–Crippen LogP) is 3.23. The lowest BCUT2D eigenvalue weighted by molar-refractivity contribution is -0.179. The SMILES string of the molecule is CC12CN(C(=O)O)CC(C)(O1)c1c2c(O)n(-c2ccc(C#N)c(C(F)(F)F)c2)c1O. The molecule has 2 bridgehead atoms. The molecule has 1 amide bonds. The predicted molar refractivity (Wildman–Crippen MR) is 94.2 cm³/mol. The fourth-order valence-electron chi connectivity index (χ4n) is 4.54. The molecule has 4 rings (SSSR count). The Kier molecular flexibility index (Phi) is 3.86.